The van der Waals surface area contributed by atoms with Crippen LogP contribution in [-0.2, 0) is 10.0 Å². The minimum absolute atomic E-state index is 0.0692. The Labute approximate surface area is 167 Å². The van der Waals surface area contributed by atoms with Crippen molar-refractivity contribution in [3.05, 3.63) is 40.9 Å². The highest BCUT2D eigenvalue weighted by Crippen LogP contribution is 2.37. The molecule has 0 spiro atoms. The van der Waals surface area contributed by atoms with Crippen LogP contribution in [0.15, 0.2) is 30.3 Å². The zero-order valence-electron chi connectivity index (χ0n) is 15.2. The minimum atomic E-state index is -3.38. The van der Waals surface area contributed by atoms with E-state index in [1.54, 1.807) is 0 Å². The van der Waals surface area contributed by atoms with Crippen LogP contribution in [0.25, 0.3) is 0 Å². The lowest BCUT2D eigenvalue weighted by molar-refractivity contribution is 0.102. The van der Waals surface area contributed by atoms with Gasteiger partial charge < -0.3 is 19.9 Å². The number of benzene rings is 2. The Bertz CT molecular complexity index is 1020. The van der Waals surface area contributed by atoms with Crippen molar-refractivity contribution in [2.24, 2.45) is 0 Å². The van der Waals surface area contributed by atoms with Gasteiger partial charge in [-0.15, -0.1) is 0 Å². The maximum Gasteiger partial charge on any atom is 0.255 e. The number of amides is 1. The molecule has 1 aliphatic rings. The van der Waals surface area contributed by atoms with Crippen LogP contribution in [-0.4, -0.2) is 45.9 Å². The van der Waals surface area contributed by atoms with Gasteiger partial charge in [-0.1, -0.05) is 11.6 Å². The Morgan fingerprint density at radius 2 is 1.96 bits per heavy atom. The molecule has 3 rings (SSSR count). The fourth-order valence-electron chi connectivity index (χ4n) is 2.95. The van der Waals surface area contributed by atoms with Crippen LogP contribution in [0.1, 0.15) is 16.8 Å². The van der Waals surface area contributed by atoms with Crippen molar-refractivity contribution in [3.63, 3.8) is 0 Å². The lowest BCUT2D eigenvalue weighted by Gasteiger charge is -2.18. The molecule has 1 amide bonds. The van der Waals surface area contributed by atoms with E-state index in [1.165, 1.54) is 48.9 Å². The summed E-state index contributed by atoms with van der Waals surface area (Å²) in [6, 6.07) is 7.09. The van der Waals surface area contributed by atoms with Crippen LogP contribution < -0.4 is 19.1 Å². The number of phenols is 1. The SMILES string of the molecule is COc1cc(C(=O)Nc2cc(N3CCCS3(=O)=O)ccc2O)cc(Cl)c1OC. The van der Waals surface area contributed by atoms with Crippen LogP contribution in [0.4, 0.5) is 11.4 Å². The molecular weight excluding hydrogens is 408 g/mol. The summed E-state index contributed by atoms with van der Waals surface area (Å²) in [4.78, 5) is 12.6. The molecule has 1 aliphatic heterocycles. The van der Waals surface area contributed by atoms with E-state index in [9.17, 15) is 18.3 Å². The molecule has 28 heavy (non-hydrogen) atoms. The maximum atomic E-state index is 12.6. The van der Waals surface area contributed by atoms with Gasteiger partial charge in [0.15, 0.2) is 11.5 Å². The molecule has 0 aliphatic carbocycles. The van der Waals surface area contributed by atoms with E-state index in [0.717, 1.165) is 0 Å². The molecule has 0 aromatic heterocycles. The highest BCUT2D eigenvalue weighted by atomic mass is 35.5. The molecular formula is C18H19ClN2O6S. The molecule has 0 atom stereocenters. The summed E-state index contributed by atoms with van der Waals surface area (Å²) in [6.07, 6.45) is 0.523. The van der Waals surface area contributed by atoms with Crippen LogP contribution in [0.2, 0.25) is 5.02 Å². The highest BCUT2D eigenvalue weighted by Gasteiger charge is 2.29. The second kappa shape index (κ2) is 7.76. The number of ether oxygens (including phenoxy) is 2. The molecule has 0 radical (unpaired) electrons. The van der Waals surface area contributed by atoms with Gasteiger partial charge in [-0.25, -0.2) is 8.42 Å². The average molecular weight is 427 g/mol. The molecule has 150 valence electrons. The molecule has 10 heteroatoms. The number of carbonyl (C=O) groups excluding carboxylic acids is 1. The third-order valence-corrected chi connectivity index (χ3v) is 6.46. The normalized spacial score (nSPS) is 15.3. The number of hydrogen-bond acceptors (Lipinski definition) is 6. The Morgan fingerprint density at radius 3 is 2.57 bits per heavy atom. The number of carbonyl (C=O) groups is 1. The van der Waals surface area contributed by atoms with Crippen molar-refractivity contribution in [1.29, 1.82) is 0 Å². The lowest BCUT2D eigenvalue weighted by atomic mass is 10.1. The van der Waals surface area contributed by atoms with E-state index in [0.29, 0.717) is 24.4 Å². The Kier molecular flexibility index (Phi) is 5.57. The molecule has 1 fully saturated rings. The fourth-order valence-corrected chi connectivity index (χ4v) is 4.80. The van der Waals surface area contributed by atoms with E-state index in [1.807, 2.05) is 0 Å². The third-order valence-electron chi connectivity index (χ3n) is 4.31. The first-order chi connectivity index (χ1) is 13.3. The number of rotatable bonds is 5. The highest BCUT2D eigenvalue weighted by molar-refractivity contribution is 7.93. The first-order valence-corrected chi connectivity index (χ1v) is 10.3. The summed E-state index contributed by atoms with van der Waals surface area (Å²) in [7, 11) is -0.533. The van der Waals surface area contributed by atoms with Gasteiger partial charge in [-0.2, -0.15) is 0 Å². The number of methoxy groups -OCH3 is 2. The standard InChI is InChI=1S/C18H19ClN2O6S/c1-26-16-9-11(8-13(19)17(16)27-2)18(23)20-14-10-12(4-5-15(14)22)21-6-3-7-28(21,24)25/h4-5,8-10,22H,3,6-7H2,1-2H3,(H,20,23). The number of nitrogens with one attached hydrogen (secondary N) is 1. The van der Waals surface area contributed by atoms with E-state index < -0.39 is 15.9 Å². The molecule has 1 heterocycles. The fraction of sp³-hybridized carbons (Fsp3) is 0.278. The molecule has 0 unspecified atom stereocenters. The summed E-state index contributed by atoms with van der Waals surface area (Å²) >= 11 is 6.13. The van der Waals surface area contributed by atoms with Crippen molar-refractivity contribution < 1.29 is 27.8 Å². The van der Waals surface area contributed by atoms with Gasteiger partial charge in [-0.3, -0.25) is 9.10 Å². The van der Waals surface area contributed by atoms with Gasteiger partial charge in [-0.05, 0) is 36.8 Å². The Morgan fingerprint density at radius 1 is 1.21 bits per heavy atom. The third kappa shape index (κ3) is 3.81. The number of halogens is 1. The van der Waals surface area contributed by atoms with Gasteiger partial charge in [0, 0.05) is 12.1 Å². The predicted molar refractivity (Wildman–Crippen MR) is 106 cm³/mol. The average Bonchev–Trinajstić information content (AvgIpc) is 3.01. The van der Waals surface area contributed by atoms with Crippen molar-refractivity contribution in [2.45, 2.75) is 6.42 Å². The van der Waals surface area contributed by atoms with Gasteiger partial charge in [0.2, 0.25) is 10.0 Å². The monoisotopic (exact) mass is 426 g/mol. The van der Waals surface area contributed by atoms with Crippen molar-refractivity contribution in [1.82, 2.24) is 0 Å². The molecule has 0 bridgehead atoms. The van der Waals surface area contributed by atoms with Crippen molar-refractivity contribution in [3.8, 4) is 17.2 Å². The largest absolute Gasteiger partial charge is 0.506 e. The second-order valence-electron chi connectivity index (χ2n) is 6.09. The van der Waals surface area contributed by atoms with Gasteiger partial charge >= 0.3 is 0 Å². The number of anilines is 2. The number of aromatic hydroxyl groups is 1. The van der Waals surface area contributed by atoms with E-state index in [-0.39, 0.29) is 33.5 Å². The van der Waals surface area contributed by atoms with Crippen LogP contribution >= 0.6 is 11.6 Å². The number of phenolic OH excluding ortho intramolecular Hbond substituents is 1. The van der Waals surface area contributed by atoms with E-state index in [2.05, 4.69) is 5.32 Å². The molecule has 0 saturated carbocycles. The van der Waals surface area contributed by atoms with Gasteiger partial charge in [0.05, 0.1) is 36.4 Å². The van der Waals surface area contributed by atoms with Crippen molar-refractivity contribution in [2.75, 3.05) is 36.1 Å². The first-order valence-electron chi connectivity index (χ1n) is 8.33. The van der Waals surface area contributed by atoms with E-state index in [4.69, 9.17) is 21.1 Å². The van der Waals surface area contributed by atoms with Crippen LogP contribution in [0.3, 0.4) is 0 Å². The van der Waals surface area contributed by atoms with Crippen LogP contribution in [0, 0.1) is 0 Å². The second-order valence-corrected chi connectivity index (χ2v) is 8.51. The molecule has 2 N–H and O–H groups in total. The Hall–Kier alpha value is -2.65. The molecule has 2 aromatic rings. The van der Waals surface area contributed by atoms with Gasteiger partial charge in [0.1, 0.15) is 5.75 Å². The van der Waals surface area contributed by atoms with E-state index >= 15 is 0 Å². The summed E-state index contributed by atoms with van der Waals surface area (Å²) in [6.45, 7) is 0.353. The summed E-state index contributed by atoms with van der Waals surface area (Å²) in [5.74, 6) is -0.106. The number of hydrogen-bond donors (Lipinski definition) is 2. The van der Waals surface area contributed by atoms with Gasteiger partial charge in [0.25, 0.3) is 5.91 Å². The number of sulfonamides is 1. The molecule has 8 nitrogen and oxygen atoms in total. The topological polar surface area (TPSA) is 105 Å². The summed E-state index contributed by atoms with van der Waals surface area (Å²) < 4.78 is 35.8. The quantitative estimate of drug-likeness (QED) is 0.712. The minimum Gasteiger partial charge on any atom is -0.506 e. The summed E-state index contributed by atoms with van der Waals surface area (Å²) in [5.41, 5.74) is 0.632. The van der Waals surface area contributed by atoms with Crippen LogP contribution in [0.5, 0.6) is 17.2 Å². The maximum absolute atomic E-state index is 12.6. The smallest absolute Gasteiger partial charge is 0.255 e. The zero-order valence-corrected chi connectivity index (χ0v) is 16.8. The zero-order chi connectivity index (χ0) is 20.5. The number of nitrogens with zero attached hydrogens (tertiary/aromatic N) is 1. The molecule has 1 saturated heterocycles. The summed E-state index contributed by atoms with van der Waals surface area (Å²) in [5, 5.41) is 12.8. The first kappa shape index (κ1) is 20.1. The predicted octanol–water partition coefficient (Wildman–Crippen LogP) is 2.86. The van der Waals surface area contributed by atoms with Crippen molar-refractivity contribution >= 4 is 38.9 Å². The molecule has 2 aromatic carbocycles. The lowest BCUT2D eigenvalue weighted by Crippen LogP contribution is -2.25. The Balaban J connectivity index is 1.91.